The molecular formula is C16H19O3P. The molecule has 106 valence electrons. The predicted molar refractivity (Wildman–Crippen MR) is 80.5 cm³/mol. The minimum atomic E-state index is -3.70. The molecular weight excluding hydrogens is 271 g/mol. The van der Waals surface area contributed by atoms with Gasteiger partial charge in [0.1, 0.15) is 0 Å². The zero-order chi connectivity index (χ0) is 14.6. The topological polar surface area (TPSA) is 46.5 Å². The van der Waals surface area contributed by atoms with E-state index in [0.29, 0.717) is 0 Å². The molecule has 0 aliphatic carbocycles. The summed E-state index contributed by atoms with van der Waals surface area (Å²) in [6, 6.07) is 18.7. The molecule has 2 rings (SSSR count). The third kappa shape index (κ3) is 4.04. The van der Waals surface area contributed by atoms with E-state index in [1.165, 1.54) is 0 Å². The highest BCUT2D eigenvalue weighted by molar-refractivity contribution is 7.52. The number of hydrogen-bond donors (Lipinski definition) is 1. The molecule has 3 nitrogen and oxygen atoms in total. The Morgan fingerprint density at radius 2 is 1.50 bits per heavy atom. The van der Waals surface area contributed by atoms with E-state index in [0.717, 1.165) is 11.1 Å². The summed E-state index contributed by atoms with van der Waals surface area (Å²) in [5.41, 5.74) is 0.866. The van der Waals surface area contributed by atoms with Gasteiger partial charge in [0.05, 0.1) is 11.8 Å². The Morgan fingerprint density at radius 3 is 2.05 bits per heavy atom. The van der Waals surface area contributed by atoms with Gasteiger partial charge < -0.3 is 4.89 Å². The van der Waals surface area contributed by atoms with E-state index in [4.69, 9.17) is 4.52 Å². The summed E-state index contributed by atoms with van der Waals surface area (Å²) < 4.78 is 17.8. The Labute approximate surface area is 119 Å². The number of benzene rings is 2. The van der Waals surface area contributed by atoms with Crippen molar-refractivity contribution in [2.45, 2.75) is 25.6 Å². The lowest BCUT2D eigenvalue weighted by Gasteiger charge is -2.28. The highest BCUT2D eigenvalue weighted by Gasteiger charge is 2.32. The first-order valence-electron chi connectivity index (χ1n) is 6.51. The van der Waals surface area contributed by atoms with E-state index >= 15 is 0 Å². The lowest BCUT2D eigenvalue weighted by Crippen LogP contribution is -2.20. The van der Waals surface area contributed by atoms with Gasteiger partial charge in [0.2, 0.25) is 0 Å². The predicted octanol–water partition coefficient (Wildman–Crippen LogP) is 4.32. The average Bonchev–Trinajstić information content (AvgIpc) is 2.39. The maximum Gasteiger partial charge on any atom is 0.333 e. The van der Waals surface area contributed by atoms with Crippen molar-refractivity contribution >= 4 is 7.60 Å². The standard InChI is InChI=1S/C16H19O3P/c1-16(2,15-11-7-4-8-12-15)19-20(17,18)13-14-9-5-3-6-10-14/h3-12H,13H2,1-2H3,(H,17,18). The van der Waals surface area contributed by atoms with E-state index in [1.54, 1.807) is 13.8 Å². The van der Waals surface area contributed by atoms with Crippen molar-refractivity contribution in [3.63, 3.8) is 0 Å². The van der Waals surface area contributed by atoms with Crippen molar-refractivity contribution in [3.05, 3.63) is 71.8 Å². The molecule has 1 atom stereocenters. The van der Waals surface area contributed by atoms with E-state index in [1.807, 2.05) is 60.7 Å². The first-order chi connectivity index (χ1) is 9.39. The molecule has 0 aliphatic rings. The normalized spacial score (nSPS) is 14.8. The van der Waals surface area contributed by atoms with Crippen molar-refractivity contribution in [3.8, 4) is 0 Å². The highest BCUT2D eigenvalue weighted by Crippen LogP contribution is 2.51. The number of hydrogen-bond acceptors (Lipinski definition) is 2. The molecule has 1 unspecified atom stereocenters. The van der Waals surface area contributed by atoms with Crippen LogP contribution in [0.3, 0.4) is 0 Å². The molecule has 1 N–H and O–H groups in total. The van der Waals surface area contributed by atoms with Crippen molar-refractivity contribution in [2.75, 3.05) is 0 Å². The lowest BCUT2D eigenvalue weighted by atomic mass is 9.99. The Bertz CT molecular complexity index is 594. The fourth-order valence-corrected chi connectivity index (χ4v) is 3.65. The van der Waals surface area contributed by atoms with Crippen LogP contribution in [0.5, 0.6) is 0 Å². The maximum absolute atomic E-state index is 12.3. The SMILES string of the molecule is CC(C)(OP(=O)(O)Cc1ccccc1)c1ccccc1. The third-order valence-corrected chi connectivity index (χ3v) is 4.57. The minimum absolute atomic E-state index is 0.0180. The molecule has 2 aromatic carbocycles. The highest BCUT2D eigenvalue weighted by atomic mass is 31.2. The fraction of sp³-hybridized carbons (Fsp3) is 0.250. The molecule has 0 bridgehead atoms. The van der Waals surface area contributed by atoms with E-state index in [2.05, 4.69) is 0 Å². The first-order valence-corrected chi connectivity index (χ1v) is 8.27. The smallest absolute Gasteiger partial charge is 0.324 e. The molecule has 0 fully saturated rings. The summed E-state index contributed by atoms with van der Waals surface area (Å²) in [6.07, 6.45) is 0.0180. The second-order valence-corrected chi connectivity index (χ2v) is 7.02. The van der Waals surface area contributed by atoms with Crippen LogP contribution in [-0.2, 0) is 20.9 Å². The van der Waals surface area contributed by atoms with Crippen LogP contribution in [0.1, 0.15) is 25.0 Å². The molecule has 20 heavy (non-hydrogen) atoms. The Morgan fingerprint density at radius 1 is 1.00 bits per heavy atom. The lowest BCUT2D eigenvalue weighted by molar-refractivity contribution is 0.0904. The van der Waals surface area contributed by atoms with Crippen LogP contribution < -0.4 is 0 Å². The zero-order valence-corrected chi connectivity index (χ0v) is 12.6. The van der Waals surface area contributed by atoms with Gasteiger partial charge in [-0.3, -0.25) is 9.09 Å². The van der Waals surface area contributed by atoms with Crippen LogP contribution in [0.15, 0.2) is 60.7 Å². The zero-order valence-electron chi connectivity index (χ0n) is 11.7. The van der Waals surface area contributed by atoms with E-state index in [9.17, 15) is 9.46 Å². The Balaban J connectivity index is 2.13. The fourth-order valence-electron chi connectivity index (χ4n) is 2.10. The Kier molecular flexibility index (Phi) is 4.44. The molecule has 0 heterocycles. The van der Waals surface area contributed by atoms with Gasteiger partial charge in [-0.1, -0.05) is 60.7 Å². The van der Waals surface area contributed by atoms with Gasteiger partial charge in [-0.2, -0.15) is 0 Å². The van der Waals surface area contributed by atoms with Crippen LogP contribution >= 0.6 is 7.60 Å². The molecule has 0 spiro atoms. The van der Waals surface area contributed by atoms with Crippen LogP contribution in [0.25, 0.3) is 0 Å². The van der Waals surface area contributed by atoms with Crippen LogP contribution in [0, 0.1) is 0 Å². The average molecular weight is 290 g/mol. The van der Waals surface area contributed by atoms with Crippen molar-refractivity contribution in [1.82, 2.24) is 0 Å². The number of rotatable bonds is 5. The van der Waals surface area contributed by atoms with Gasteiger partial charge >= 0.3 is 7.60 Å². The summed E-state index contributed by atoms with van der Waals surface area (Å²) in [4.78, 5) is 10.1. The van der Waals surface area contributed by atoms with Crippen LogP contribution in [0.2, 0.25) is 0 Å². The summed E-state index contributed by atoms with van der Waals surface area (Å²) in [5, 5.41) is 0. The third-order valence-electron chi connectivity index (χ3n) is 3.07. The van der Waals surface area contributed by atoms with Gasteiger partial charge in [0.25, 0.3) is 0 Å². The van der Waals surface area contributed by atoms with Gasteiger partial charge in [-0.25, -0.2) is 0 Å². The van der Waals surface area contributed by atoms with Crippen LogP contribution in [0.4, 0.5) is 0 Å². The maximum atomic E-state index is 12.3. The quantitative estimate of drug-likeness (QED) is 0.834. The minimum Gasteiger partial charge on any atom is -0.324 e. The largest absolute Gasteiger partial charge is 0.333 e. The molecule has 4 heteroatoms. The first kappa shape index (κ1) is 15.0. The summed E-state index contributed by atoms with van der Waals surface area (Å²) >= 11 is 0. The van der Waals surface area contributed by atoms with Gasteiger partial charge in [0.15, 0.2) is 0 Å². The second-order valence-electron chi connectivity index (χ2n) is 5.25. The van der Waals surface area contributed by atoms with Crippen LogP contribution in [-0.4, -0.2) is 4.89 Å². The van der Waals surface area contributed by atoms with Crippen molar-refractivity contribution in [2.24, 2.45) is 0 Å². The van der Waals surface area contributed by atoms with Gasteiger partial charge in [0, 0.05) is 0 Å². The summed E-state index contributed by atoms with van der Waals surface area (Å²) in [7, 11) is -3.70. The molecule has 0 radical (unpaired) electrons. The monoisotopic (exact) mass is 290 g/mol. The summed E-state index contributed by atoms with van der Waals surface area (Å²) in [6.45, 7) is 3.60. The second kappa shape index (κ2) is 5.92. The van der Waals surface area contributed by atoms with Crippen molar-refractivity contribution < 1.29 is 14.0 Å². The van der Waals surface area contributed by atoms with Gasteiger partial charge in [-0.15, -0.1) is 0 Å². The molecule has 0 saturated heterocycles. The molecule has 0 aliphatic heterocycles. The molecule has 0 amide bonds. The van der Waals surface area contributed by atoms with E-state index < -0.39 is 13.2 Å². The molecule has 0 saturated carbocycles. The van der Waals surface area contributed by atoms with Crippen molar-refractivity contribution in [1.29, 1.82) is 0 Å². The Hall–Kier alpha value is -1.41. The summed E-state index contributed by atoms with van der Waals surface area (Å²) in [5.74, 6) is 0. The van der Waals surface area contributed by atoms with Gasteiger partial charge in [-0.05, 0) is 25.0 Å². The van der Waals surface area contributed by atoms with E-state index in [-0.39, 0.29) is 6.16 Å². The molecule has 0 aromatic heterocycles. The molecule has 2 aromatic rings.